The third-order valence-electron chi connectivity index (χ3n) is 3.01. The highest BCUT2D eigenvalue weighted by Gasteiger charge is 2.15. The number of rotatable bonds is 4. The minimum atomic E-state index is -0.504. The summed E-state index contributed by atoms with van der Waals surface area (Å²) in [5, 5.41) is 9.83. The smallest absolute Gasteiger partial charge is 0.306 e. The average molecular weight is 304 g/mol. The van der Waals surface area contributed by atoms with Crippen LogP contribution in [0.25, 0.3) is 10.9 Å². The summed E-state index contributed by atoms with van der Waals surface area (Å²) < 4.78 is 6.65. The van der Waals surface area contributed by atoms with E-state index in [9.17, 15) is 14.7 Å². The van der Waals surface area contributed by atoms with E-state index in [0.717, 1.165) is 0 Å². The third-order valence-corrected chi connectivity index (χ3v) is 3.01. The molecule has 1 heterocycles. The first-order valence-electron chi connectivity index (χ1n) is 7.16. The molecule has 1 aromatic carbocycles. The summed E-state index contributed by atoms with van der Waals surface area (Å²) in [6, 6.07) is 4.48. The third kappa shape index (κ3) is 4.07. The molecule has 118 valence electrons. The molecule has 0 saturated carbocycles. The lowest BCUT2D eigenvalue weighted by Gasteiger charge is -2.19. The molecule has 0 aliphatic heterocycles. The standard InChI is InChI=1S/C16H20N2O4/c1-16(2,3)22-14(20)5-4-8-18-10-17-13-7-6-11(19)9-12(13)15(18)21/h6-7,9-10,19H,4-5,8H2,1-3H3. The molecule has 0 amide bonds. The van der Waals surface area contributed by atoms with Gasteiger partial charge in [-0.05, 0) is 45.4 Å². The van der Waals surface area contributed by atoms with E-state index in [1.54, 1.807) is 6.07 Å². The zero-order valence-electron chi connectivity index (χ0n) is 13.0. The van der Waals surface area contributed by atoms with E-state index in [0.29, 0.717) is 23.9 Å². The molecule has 0 fully saturated rings. The van der Waals surface area contributed by atoms with Crippen LogP contribution in [0.15, 0.2) is 29.3 Å². The van der Waals surface area contributed by atoms with Gasteiger partial charge in [-0.3, -0.25) is 14.2 Å². The minimum Gasteiger partial charge on any atom is -0.508 e. The Morgan fingerprint density at radius 2 is 2.09 bits per heavy atom. The molecule has 2 aromatic rings. The predicted octanol–water partition coefficient (Wildman–Crippen LogP) is 2.22. The summed E-state index contributed by atoms with van der Waals surface area (Å²) in [5.74, 6) is -0.259. The fourth-order valence-electron chi connectivity index (χ4n) is 2.09. The molecule has 0 aliphatic carbocycles. The van der Waals surface area contributed by atoms with Gasteiger partial charge < -0.3 is 9.84 Å². The van der Waals surface area contributed by atoms with Gasteiger partial charge in [-0.2, -0.15) is 0 Å². The number of aryl methyl sites for hydroxylation is 1. The molecule has 6 heteroatoms. The van der Waals surface area contributed by atoms with Crippen molar-refractivity contribution in [3.8, 4) is 5.75 Å². The van der Waals surface area contributed by atoms with Crippen LogP contribution < -0.4 is 5.56 Å². The van der Waals surface area contributed by atoms with Crippen molar-refractivity contribution in [3.05, 3.63) is 34.9 Å². The van der Waals surface area contributed by atoms with Gasteiger partial charge in [0.15, 0.2) is 0 Å². The number of aromatic nitrogens is 2. The molecular formula is C16H20N2O4. The van der Waals surface area contributed by atoms with E-state index in [4.69, 9.17) is 4.74 Å². The first-order chi connectivity index (χ1) is 10.3. The van der Waals surface area contributed by atoms with Crippen LogP contribution >= 0.6 is 0 Å². The maximum Gasteiger partial charge on any atom is 0.306 e. The number of benzene rings is 1. The number of hydrogen-bond donors (Lipinski definition) is 1. The van der Waals surface area contributed by atoms with Crippen molar-refractivity contribution in [1.82, 2.24) is 9.55 Å². The molecule has 0 aliphatic rings. The molecule has 6 nitrogen and oxygen atoms in total. The number of carbonyl (C=O) groups excluding carboxylic acids is 1. The number of phenolic OH excluding ortho intramolecular Hbond substituents is 1. The Labute approximate surface area is 128 Å². The molecule has 0 radical (unpaired) electrons. The molecule has 1 aromatic heterocycles. The zero-order valence-corrected chi connectivity index (χ0v) is 13.0. The van der Waals surface area contributed by atoms with Crippen LogP contribution in [-0.4, -0.2) is 26.2 Å². The molecule has 1 N–H and O–H groups in total. The van der Waals surface area contributed by atoms with Crippen molar-refractivity contribution in [2.45, 2.75) is 45.8 Å². The van der Waals surface area contributed by atoms with E-state index < -0.39 is 5.60 Å². The van der Waals surface area contributed by atoms with Gasteiger partial charge in [-0.1, -0.05) is 0 Å². The monoisotopic (exact) mass is 304 g/mol. The molecule has 2 rings (SSSR count). The number of nitrogens with zero attached hydrogens (tertiary/aromatic N) is 2. The van der Waals surface area contributed by atoms with Crippen LogP contribution in [-0.2, 0) is 16.1 Å². The maximum absolute atomic E-state index is 12.3. The number of aromatic hydroxyl groups is 1. The summed E-state index contributed by atoms with van der Waals surface area (Å²) in [6.45, 7) is 5.82. The Bertz CT molecular complexity index is 744. The van der Waals surface area contributed by atoms with Gasteiger partial charge in [0.25, 0.3) is 5.56 Å². The number of fused-ring (bicyclic) bond motifs is 1. The Kier molecular flexibility index (Phi) is 4.49. The molecule has 22 heavy (non-hydrogen) atoms. The van der Waals surface area contributed by atoms with E-state index in [1.165, 1.54) is 23.0 Å². The minimum absolute atomic E-state index is 0.0258. The van der Waals surface area contributed by atoms with Gasteiger partial charge in [-0.15, -0.1) is 0 Å². The second-order valence-corrected chi connectivity index (χ2v) is 6.13. The van der Waals surface area contributed by atoms with Gasteiger partial charge in [0.05, 0.1) is 17.2 Å². The predicted molar refractivity (Wildman–Crippen MR) is 82.7 cm³/mol. The second kappa shape index (κ2) is 6.17. The second-order valence-electron chi connectivity index (χ2n) is 6.13. The quantitative estimate of drug-likeness (QED) is 0.876. The topological polar surface area (TPSA) is 81.4 Å². The van der Waals surface area contributed by atoms with E-state index in [1.807, 2.05) is 20.8 Å². The maximum atomic E-state index is 12.3. The SMILES string of the molecule is CC(C)(C)OC(=O)CCCn1cnc2ccc(O)cc2c1=O. The molecule has 0 spiro atoms. The molecule has 0 atom stereocenters. The van der Waals surface area contributed by atoms with Crippen molar-refractivity contribution < 1.29 is 14.6 Å². The van der Waals surface area contributed by atoms with Crippen LogP contribution in [0.1, 0.15) is 33.6 Å². The summed E-state index contributed by atoms with van der Waals surface area (Å²) in [4.78, 5) is 28.1. The fourth-order valence-corrected chi connectivity index (χ4v) is 2.09. The number of hydrogen-bond acceptors (Lipinski definition) is 5. The Balaban J connectivity index is 2.05. The fraction of sp³-hybridized carbons (Fsp3) is 0.438. The highest BCUT2D eigenvalue weighted by atomic mass is 16.6. The van der Waals surface area contributed by atoms with Crippen LogP contribution in [0, 0.1) is 0 Å². The van der Waals surface area contributed by atoms with Crippen molar-refractivity contribution >= 4 is 16.9 Å². The first-order valence-corrected chi connectivity index (χ1v) is 7.16. The highest BCUT2D eigenvalue weighted by molar-refractivity contribution is 5.78. The zero-order chi connectivity index (χ0) is 16.3. The molecule has 0 bridgehead atoms. The lowest BCUT2D eigenvalue weighted by Crippen LogP contribution is -2.25. The molecule has 0 saturated heterocycles. The summed E-state index contributed by atoms with van der Waals surface area (Å²) in [7, 11) is 0. The van der Waals surface area contributed by atoms with E-state index >= 15 is 0 Å². The van der Waals surface area contributed by atoms with Gasteiger partial charge in [0, 0.05) is 13.0 Å². The van der Waals surface area contributed by atoms with Gasteiger partial charge >= 0.3 is 5.97 Å². The summed E-state index contributed by atoms with van der Waals surface area (Å²) in [5.41, 5.74) is -0.202. The Morgan fingerprint density at radius 3 is 2.77 bits per heavy atom. The lowest BCUT2D eigenvalue weighted by molar-refractivity contribution is -0.154. The molecular weight excluding hydrogens is 284 g/mol. The van der Waals surface area contributed by atoms with Crippen molar-refractivity contribution in [2.75, 3.05) is 0 Å². The first kappa shape index (κ1) is 16.0. The molecule has 0 unspecified atom stereocenters. The number of ether oxygens (including phenoxy) is 1. The van der Waals surface area contributed by atoms with Crippen molar-refractivity contribution in [3.63, 3.8) is 0 Å². The van der Waals surface area contributed by atoms with Gasteiger partial charge in [0.1, 0.15) is 11.4 Å². The van der Waals surface area contributed by atoms with Crippen LogP contribution in [0.4, 0.5) is 0 Å². The van der Waals surface area contributed by atoms with Crippen LogP contribution in [0.5, 0.6) is 5.75 Å². The average Bonchev–Trinajstić information content (AvgIpc) is 2.40. The highest BCUT2D eigenvalue weighted by Crippen LogP contribution is 2.14. The van der Waals surface area contributed by atoms with Crippen LogP contribution in [0.3, 0.4) is 0 Å². The van der Waals surface area contributed by atoms with Crippen molar-refractivity contribution in [2.24, 2.45) is 0 Å². The van der Waals surface area contributed by atoms with E-state index in [2.05, 4.69) is 4.98 Å². The van der Waals surface area contributed by atoms with Gasteiger partial charge in [0.2, 0.25) is 0 Å². The normalized spacial score (nSPS) is 11.6. The van der Waals surface area contributed by atoms with Gasteiger partial charge in [-0.25, -0.2) is 4.98 Å². The summed E-state index contributed by atoms with van der Waals surface area (Å²) >= 11 is 0. The Morgan fingerprint density at radius 1 is 1.36 bits per heavy atom. The number of phenols is 1. The number of carbonyl (C=O) groups is 1. The van der Waals surface area contributed by atoms with E-state index in [-0.39, 0.29) is 23.7 Å². The van der Waals surface area contributed by atoms with Crippen LogP contribution in [0.2, 0.25) is 0 Å². The largest absolute Gasteiger partial charge is 0.508 e. The lowest BCUT2D eigenvalue weighted by atomic mass is 10.2. The summed E-state index contributed by atoms with van der Waals surface area (Å²) in [6.07, 6.45) is 2.18. The van der Waals surface area contributed by atoms with Crippen molar-refractivity contribution in [1.29, 1.82) is 0 Å². The Hall–Kier alpha value is -2.37. The number of esters is 1.